The Kier molecular flexibility index (Phi) is 4.99. The molecule has 2 aromatic rings. The van der Waals surface area contributed by atoms with Crippen molar-refractivity contribution in [2.24, 2.45) is 0 Å². The predicted octanol–water partition coefficient (Wildman–Crippen LogP) is 2.46. The van der Waals surface area contributed by atoms with E-state index in [9.17, 15) is 9.59 Å². The lowest BCUT2D eigenvalue weighted by atomic mass is 10.0. The van der Waals surface area contributed by atoms with E-state index in [2.05, 4.69) is 14.9 Å². The molecule has 0 saturated carbocycles. The van der Waals surface area contributed by atoms with Gasteiger partial charge >= 0.3 is 5.97 Å². The number of hydrogen-bond donors (Lipinski definition) is 1. The van der Waals surface area contributed by atoms with Crippen LogP contribution in [0.25, 0.3) is 0 Å². The number of anilines is 1. The number of ether oxygens (including phenoxy) is 1. The van der Waals surface area contributed by atoms with Gasteiger partial charge in [-0.1, -0.05) is 34.8 Å². The number of carbonyl (C=O) groups is 2. The maximum Gasteiger partial charge on any atom is 0.362 e. The minimum absolute atomic E-state index is 0.0375. The fourth-order valence-corrected chi connectivity index (χ4v) is 2.28. The van der Waals surface area contributed by atoms with Crippen LogP contribution < -0.4 is 5.32 Å². The fraction of sp³-hybridized carbons (Fsp3) is 0.286. The highest BCUT2D eigenvalue weighted by Crippen LogP contribution is 2.22. The summed E-state index contributed by atoms with van der Waals surface area (Å²) < 4.78 is 8.55. The number of hydrogen-bond acceptors (Lipinski definition) is 6. The topological polar surface area (TPSA) is 81.2 Å². The van der Waals surface area contributed by atoms with Crippen LogP contribution in [0.4, 0.5) is 5.00 Å². The minimum atomic E-state index is -0.589. The van der Waals surface area contributed by atoms with Crippen LogP contribution in [-0.2, 0) is 9.53 Å². The Morgan fingerprint density at radius 3 is 2.71 bits per heavy atom. The van der Waals surface area contributed by atoms with Crippen LogP contribution >= 0.6 is 11.5 Å². The Morgan fingerprint density at radius 1 is 1.33 bits per heavy atom. The van der Waals surface area contributed by atoms with Gasteiger partial charge in [0.15, 0.2) is 5.00 Å². The van der Waals surface area contributed by atoms with E-state index >= 15 is 0 Å². The quantitative estimate of drug-likeness (QED) is 0.858. The van der Waals surface area contributed by atoms with E-state index in [0.717, 1.165) is 17.1 Å². The largest absolute Gasteiger partial charge is 0.461 e. The normalized spacial score (nSPS) is 11.7. The third-order valence-electron chi connectivity index (χ3n) is 2.89. The first kappa shape index (κ1) is 15.1. The zero-order chi connectivity index (χ0) is 15.2. The van der Waals surface area contributed by atoms with Crippen molar-refractivity contribution in [3.8, 4) is 0 Å². The molecule has 2 rings (SSSR count). The maximum absolute atomic E-state index is 12.2. The molecular weight excluding hydrogens is 290 g/mol. The lowest BCUT2D eigenvalue weighted by Crippen LogP contribution is -2.20. The molecule has 0 saturated heterocycles. The number of benzene rings is 1. The van der Waals surface area contributed by atoms with Gasteiger partial charge in [0, 0.05) is 11.5 Å². The molecule has 0 radical (unpaired) electrons. The summed E-state index contributed by atoms with van der Waals surface area (Å²) in [4.78, 5) is 23.9. The summed E-state index contributed by atoms with van der Waals surface area (Å²) in [6, 6.07) is 9.39. The molecule has 1 aromatic heterocycles. The lowest BCUT2D eigenvalue weighted by molar-refractivity contribution is -0.117. The molecule has 0 fully saturated rings. The number of amides is 1. The van der Waals surface area contributed by atoms with Gasteiger partial charge < -0.3 is 10.1 Å². The Hall–Kier alpha value is -2.28. The number of aromatic nitrogens is 2. The molecule has 0 spiro atoms. The Bertz CT molecular complexity index is 627. The summed E-state index contributed by atoms with van der Waals surface area (Å²) in [6.45, 7) is 3.74. The zero-order valence-electron chi connectivity index (χ0n) is 11.7. The van der Waals surface area contributed by atoms with E-state index in [1.165, 1.54) is 0 Å². The first-order chi connectivity index (χ1) is 10.1. The summed E-state index contributed by atoms with van der Waals surface area (Å²) in [5.41, 5.74) is 0.931. The van der Waals surface area contributed by atoms with E-state index in [-0.39, 0.29) is 24.1 Å². The summed E-state index contributed by atoms with van der Waals surface area (Å²) in [7, 11) is 0. The van der Waals surface area contributed by atoms with E-state index in [0.29, 0.717) is 5.00 Å². The van der Waals surface area contributed by atoms with Gasteiger partial charge in [0.1, 0.15) is 0 Å². The van der Waals surface area contributed by atoms with Crippen LogP contribution in [0.5, 0.6) is 0 Å². The third kappa shape index (κ3) is 3.63. The summed E-state index contributed by atoms with van der Waals surface area (Å²) in [5.74, 6) is -1.16. The molecule has 0 aliphatic rings. The minimum Gasteiger partial charge on any atom is -0.461 e. The standard InChI is InChI=1S/C14H15N3O3S/c1-3-20-14(19)11-13(21-17-16-11)15-12(18)9(2)10-7-5-4-6-8-10/h4-9H,3H2,1-2H3,(H,15,18)/t9-/m1/s1. The summed E-state index contributed by atoms with van der Waals surface area (Å²) in [5, 5.41) is 6.69. The first-order valence-corrected chi connectivity index (χ1v) is 7.26. The average Bonchev–Trinajstić information content (AvgIpc) is 2.95. The smallest absolute Gasteiger partial charge is 0.362 e. The zero-order valence-corrected chi connectivity index (χ0v) is 12.5. The monoisotopic (exact) mass is 305 g/mol. The number of nitrogens with zero attached hydrogens (tertiary/aromatic N) is 2. The van der Waals surface area contributed by atoms with Gasteiger partial charge in [-0.3, -0.25) is 4.79 Å². The van der Waals surface area contributed by atoms with Crippen molar-refractivity contribution in [1.29, 1.82) is 0 Å². The summed E-state index contributed by atoms with van der Waals surface area (Å²) in [6.07, 6.45) is 0. The molecule has 0 bridgehead atoms. The molecule has 1 atom stereocenters. The van der Waals surface area contributed by atoms with Crippen molar-refractivity contribution in [1.82, 2.24) is 9.59 Å². The van der Waals surface area contributed by atoms with Crippen LogP contribution in [0.1, 0.15) is 35.8 Å². The van der Waals surface area contributed by atoms with E-state index in [1.807, 2.05) is 30.3 Å². The summed E-state index contributed by atoms with van der Waals surface area (Å²) >= 11 is 0.951. The van der Waals surface area contributed by atoms with Gasteiger partial charge in [0.2, 0.25) is 11.6 Å². The van der Waals surface area contributed by atoms with E-state index in [4.69, 9.17) is 4.74 Å². The Morgan fingerprint density at radius 2 is 2.05 bits per heavy atom. The van der Waals surface area contributed by atoms with Crippen LogP contribution in [0.2, 0.25) is 0 Å². The van der Waals surface area contributed by atoms with Crippen LogP contribution in [0, 0.1) is 0 Å². The van der Waals surface area contributed by atoms with Crippen molar-refractivity contribution < 1.29 is 14.3 Å². The van der Waals surface area contributed by atoms with E-state index in [1.54, 1.807) is 13.8 Å². The second-order valence-electron chi connectivity index (χ2n) is 4.29. The molecule has 0 aliphatic carbocycles. The highest BCUT2D eigenvalue weighted by atomic mass is 32.1. The molecular formula is C14H15N3O3S. The molecule has 21 heavy (non-hydrogen) atoms. The molecule has 110 valence electrons. The van der Waals surface area contributed by atoms with Gasteiger partial charge in [-0.25, -0.2) is 4.79 Å². The molecule has 6 nitrogen and oxygen atoms in total. The molecule has 1 heterocycles. The van der Waals surface area contributed by atoms with Crippen LogP contribution in [0.15, 0.2) is 30.3 Å². The first-order valence-electron chi connectivity index (χ1n) is 6.48. The maximum atomic E-state index is 12.2. The van der Waals surface area contributed by atoms with Crippen molar-refractivity contribution in [3.05, 3.63) is 41.6 Å². The molecule has 1 amide bonds. The number of nitrogens with one attached hydrogen (secondary N) is 1. The average molecular weight is 305 g/mol. The van der Waals surface area contributed by atoms with Crippen molar-refractivity contribution >= 4 is 28.4 Å². The molecule has 1 N–H and O–H groups in total. The number of esters is 1. The third-order valence-corrected chi connectivity index (χ3v) is 3.53. The van der Waals surface area contributed by atoms with Gasteiger partial charge in [0.25, 0.3) is 0 Å². The van der Waals surface area contributed by atoms with E-state index < -0.39 is 5.97 Å². The predicted molar refractivity (Wildman–Crippen MR) is 79.4 cm³/mol. The van der Waals surface area contributed by atoms with Crippen LogP contribution in [0.3, 0.4) is 0 Å². The Labute approximate surface area is 126 Å². The molecule has 0 aliphatic heterocycles. The van der Waals surface area contributed by atoms with Crippen molar-refractivity contribution in [3.63, 3.8) is 0 Å². The highest BCUT2D eigenvalue weighted by molar-refractivity contribution is 7.10. The van der Waals surface area contributed by atoms with Crippen molar-refractivity contribution in [2.75, 3.05) is 11.9 Å². The van der Waals surface area contributed by atoms with Gasteiger partial charge in [-0.05, 0) is 19.4 Å². The second kappa shape index (κ2) is 6.94. The highest BCUT2D eigenvalue weighted by Gasteiger charge is 2.22. The molecule has 0 unspecified atom stereocenters. The van der Waals surface area contributed by atoms with Crippen LogP contribution in [-0.4, -0.2) is 28.1 Å². The van der Waals surface area contributed by atoms with Gasteiger partial charge in [-0.2, -0.15) is 0 Å². The second-order valence-corrected chi connectivity index (χ2v) is 5.05. The molecule has 1 aromatic carbocycles. The number of rotatable bonds is 5. The SMILES string of the molecule is CCOC(=O)c1nnsc1NC(=O)[C@H](C)c1ccccc1. The van der Waals surface area contributed by atoms with Gasteiger partial charge in [-0.15, -0.1) is 5.10 Å². The number of carbonyl (C=O) groups excluding carboxylic acids is 2. The lowest BCUT2D eigenvalue weighted by Gasteiger charge is -2.11. The Balaban J connectivity index is 2.10. The van der Waals surface area contributed by atoms with Crippen molar-refractivity contribution in [2.45, 2.75) is 19.8 Å². The van der Waals surface area contributed by atoms with Gasteiger partial charge in [0.05, 0.1) is 12.5 Å². The molecule has 7 heteroatoms. The fourth-order valence-electron chi connectivity index (χ4n) is 1.72.